The third-order valence-electron chi connectivity index (χ3n) is 6.19. The molecule has 2 heterocycles. The van der Waals surface area contributed by atoms with Gasteiger partial charge in [-0.05, 0) is 68.6 Å². The number of hydrogen-bond donors (Lipinski definition) is 1. The number of halogens is 1. The van der Waals surface area contributed by atoms with Crippen molar-refractivity contribution in [3.05, 3.63) is 64.0 Å². The van der Waals surface area contributed by atoms with Crippen LogP contribution in [0, 0.1) is 0 Å². The maximum Gasteiger partial charge on any atom is 0.265 e. The number of nitrogens with zero attached hydrogens (tertiary/aromatic N) is 2. The first kappa shape index (κ1) is 23.9. The smallest absolute Gasteiger partial charge is 0.265 e. The van der Waals surface area contributed by atoms with E-state index < -0.39 is 0 Å². The molecule has 4 rings (SSSR count). The summed E-state index contributed by atoms with van der Waals surface area (Å²) in [5, 5.41) is 3.66. The third-order valence-corrected chi connectivity index (χ3v) is 7.52. The first-order valence-corrected chi connectivity index (χ1v) is 12.8. The van der Waals surface area contributed by atoms with Gasteiger partial charge in [-0.15, -0.1) is 0 Å². The zero-order valence-electron chi connectivity index (χ0n) is 18.9. The number of nitrogens with one attached hydrogen (secondary N) is 1. The molecule has 5 nitrogen and oxygen atoms in total. The van der Waals surface area contributed by atoms with Crippen LogP contribution in [0.3, 0.4) is 0 Å². The molecule has 33 heavy (non-hydrogen) atoms. The molecular weight excluding hydrogens is 454 g/mol. The van der Waals surface area contributed by atoms with E-state index in [1.807, 2.05) is 42.5 Å². The molecule has 7 heteroatoms. The minimum absolute atomic E-state index is 0.00841. The first-order valence-electron chi connectivity index (χ1n) is 11.6. The molecule has 2 amide bonds. The Hall–Kier alpha value is -2.28. The van der Waals surface area contributed by atoms with Gasteiger partial charge in [0.1, 0.15) is 6.54 Å². The van der Waals surface area contributed by atoms with E-state index in [4.69, 9.17) is 11.6 Å². The van der Waals surface area contributed by atoms with Gasteiger partial charge < -0.3 is 10.2 Å². The number of para-hydroxylation sites is 1. The van der Waals surface area contributed by atoms with Gasteiger partial charge >= 0.3 is 0 Å². The zero-order chi connectivity index (χ0) is 23.2. The van der Waals surface area contributed by atoms with Crippen molar-refractivity contribution in [3.8, 4) is 0 Å². The Morgan fingerprint density at radius 3 is 2.76 bits per heavy atom. The van der Waals surface area contributed by atoms with Crippen LogP contribution in [0.1, 0.15) is 38.2 Å². The predicted octanol–water partition coefficient (Wildman–Crippen LogP) is 5.20. The molecule has 2 aliphatic heterocycles. The molecule has 1 fully saturated rings. The normalized spacial score (nSPS) is 20.1. The van der Waals surface area contributed by atoms with Crippen molar-refractivity contribution in [1.82, 2.24) is 10.2 Å². The number of amides is 2. The molecule has 0 radical (unpaired) electrons. The summed E-state index contributed by atoms with van der Waals surface area (Å²) in [6.07, 6.45) is 6.60. The highest BCUT2D eigenvalue weighted by molar-refractivity contribution is 8.04. The molecule has 1 atom stereocenters. The number of piperidine rings is 1. The standard InChI is InChI=1S/C26H30ClN3O2S/c1-19-7-4-5-15-29(19)16-6-14-28-25(31)18-30-22-8-2-3-9-23(22)33-24(26(30)32)17-20-10-12-21(27)13-11-20/h2-3,8-13,17,19H,4-7,14-16,18H2,1H3,(H,28,31)/b24-17+/t19-/m0/s1. The summed E-state index contributed by atoms with van der Waals surface area (Å²) in [7, 11) is 0. The highest BCUT2D eigenvalue weighted by Crippen LogP contribution is 2.41. The van der Waals surface area contributed by atoms with Crippen molar-refractivity contribution >= 4 is 46.9 Å². The van der Waals surface area contributed by atoms with Crippen LogP contribution in [-0.2, 0) is 9.59 Å². The average Bonchev–Trinajstić information content (AvgIpc) is 2.82. The molecule has 2 aliphatic rings. The summed E-state index contributed by atoms with van der Waals surface area (Å²) < 4.78 is 0. The quantitative estimate of drug-likeness (QED) is 0.434. The highest BCUT2D eigenvalue weighted by Gasteiger charge is 2.30. The molecule has 174 valence electrons. The fourth-order valence-corrected chi connectivity index (χ4v) is 5.51. The molecule has 0 aliphatic carbocycles. The first-order chi connectivity index (χ1) is 16.0. The fraction of sp³-hybridized carbons (Fsp3) is 0.385. The predicted molar refractivity (Wildman–Crippen MR) is 137 cm³/mol. The second-order valence-corrected chi connectivity index (χ2v) is 10.1. The van der Waals surface area contributed by atoms with E-state index in [9.17, 15) is 9.59 Å². The van der Waals surface area contributed by atoms with E-state index in [2.05, 4.69) is 17.1 Å². The van der Waals surface area contributed by atoms with Gasteiger partial charge in [-0.3, -0.25) is 14.5 Å². The van der Waals surface area contributed by atoms with E-state index in [0.717, 1.165) is 35.7 Å². The Morgan fingerprint density at radius 1 is 1.18 bits per heavy atom. The van der Waals surface area contributed by atoms with Gasteiger partial charge in [0, 0.05) is 29.0 Å². The van der Waals surface area contributed by atoms with Crippen LogP contribution in [0.5, 0.6) is 0 Å². The zero-order valence-corrected chi connectivity index (χ0v) is 20.5. The number of thioether (sulfide) groups is 1. The number of carbonyl (C=O) groups excluding carboxylic acids is 2. The van der Waals surface area contributed by atoms with Crippen molar-refractivity contribution in [1.29, 1.82) is 0 Å². The Kier molecular flexibility index (Phi) is 8.12. The molecule has 0 spiro atoms. The summed E-state index contributed by atoms with van der Waals surface area (Å²) in [6, 6.07) is 15.7. The summed E-state index contributed by atoms with van der Waals surface area (Å²) in [5.74, 6) is -0.298. The van der Waals surface area contributed by atoms with Gasteiger partial charge in [0.2, 0.25) is 5.91 Å². The van der Waals surface area contributed by atoms with Crippen LogP contribution in [0.15, 0.2) is 58.3 Å². The van der Waals surface area contributed by atoms with Gasteiger partial charge in [0.25, 0.3) is 5.91 Å². The molecule has 0 unspecified atom stereocenters. The van der Waals surface area contributed by atoms with Gasteiger partial charge in [-0.2, -0.15) is 0 Å². The maximum atomic E-state index is 13.3. The number of carbonyl (C=O) groups is 2. The average molecular weight is 484 g/mol. The van der Waals surface area contributed by atoms with Gasteiger partial charge in [0.05, 0.1) is 10.6 Å². The third kappa shape index (κ3) is 6.19. The summed E-state index contributed by atoms with van der Waals surface area (Å²) >= 11 is 7.42. The van der Waals surface area contributed by atoms with Crippen LogP contribution in [-0.4, -0.2) is 48.9 Å². The van der Waals surface area contributed by atoms with E-state index in [-0.39, 0.29) is 18.4 Å². The van der Waals surface area contributed by atoms with Crippen LogP contribution in [0.4, 0.5) is 5.69 Å². The van der Waals surface area contributed by atoms with Gasteiger partial charge in [-0.1, -0.05) is 54.0 Å². The summed E-state index contributed by atoms with van der Waals surface area (Å²) in [5.41, 5.74) is 1.67. The second kappa shape index (κ2) is 11.2. The number of rotatable bonds is 7. The monoisotopic (exact) mass is 483 g/mol. The summed E-state index contributed by atoms with van der Waals surface area (Å²) in [4.78, 5) is 31.6. The van der Waals surface area contributed by atoms with E-state index in [1.54, 1.807) is 17.0 Å². The van der Waals surface area contributed by atoms with E-state index >= 15 is 0 Å². The lowest BCUT2D eigenvalue weighted by Gasteiger charge is -2.33. The number of fused-ring (bicyclic) bond motifs is 1. The lowest BCUT2D eigenvalue weighted by molar-refractivity contribution is -0.122. The van der Waals surface area contributed by atoms with Crippen molar-refractivity contribution in [2.24, 2.45) is 0 Å². The van der Waals surface area contributed by atoms with Crippen molar-refractivity contribution in [2.75, 3.05) is 31.1 Å². The summed E-state index contributed by atoms with van der Waals surface area (Å²) in [6.45, 7) is 5.05. The molecule has 0 bridgehead atoms. The van der Waals surface area contributed by atoms with Crippen LogP contribution in [0.2, 0.25) is 5.02 Å². The van der Waals surface area contributed by atoms with Crippen LogP contribution < -0.4 is 10.2 Å². The lowest BCUT2D eigenvalue weighted by atomic mass is 10.0. The molecule has 2 aromatic carbocycles. The second-order valence-electron chi connectivity index (χ2n) is 8.61. The van der Waals surface area contributed by atoms with Crippen molar-refractivity contribution in [2.45, 2.75) is 43.5 Å². The molecule has 2 aromatic rings. The van der Waals surface area contributed by atoms with Crippen molar-refractivity contribution in [3.63, 3.8) is 0 Å². The Balaban J connectivity index is 1.39. The molecule has 0 aromatic heterocycles. The topological polar surface area (TPSA) is 52.7 Å². The Morgan fingerprint density at radius 2 is 1.97 bits per heavy atom. The largest absolute Gasteiger partial charge is 0.355 e. The fourth-order valence-electron chi connectivity index (χ4n) is 4.33. The van der Waals surface area contributed by atoms with Crippen LogP contribution >= 0.6 is 23.4 Å². The minimum Gasteiger partial charge on any atom is -0.355 e. The van der Waals surface area contributed by atoms with Gasteiger partial charge in [-0.25, -0.2) is 0 Å². The minimum atomic E-state index is -0.161. The molecule has 1 saturated heterocycles. The SMILES string of the molecule is C[C@H]1CCCCN1CCCNC(=O)CN1C(=O)/C(=C\c2ccc(Cl)cc2)Sc2ccccc21. The van der Waals surface area contributed by atoms with E-state index in [0.29, 0.717) is 22.5 Å². The Bertz CT molecular complexity index is 1020. The number of likely N-dealkylation sites (tertiary alicyclic amines) is 1. The van der Waals surface area contributed by atoms with E-state index in [1.165, 1.54) is 31.0 Å². The van der Waals surface area contributed by atoms with Gasteiger partial charge in [0.15, 0.2) is 0 Å². The lowest BCUT2D eigenvalue weighted by Crippen LogP contribution is -2.43. The number of anilines is 1. The maximum absolute atomic E-state index is 13.3. The number of benzene rings is 2. The number of hydrogen-bond acceptors (Lipinski definition) is 4. The Labute approximate surface area is 205 Å². The molecular formula is C26H30ClN3O2S. The van der Waals surface area contributed by atoms with Crippen LogP contribution in [0.25, 0.3) is 6.08 Å². The van der Waals surface area contributed by atoms with Crippen molar-refractivity contribution < 1.29 is 9.59 Å². The molecule has 0 saturated carbocycles. The molecule has 1 N–H and O–H groups in total. The highest BCUT2D eigenvalue weighted by atomic mass is 35.5.